The van der Waals surface area contributed by atoms with Gasteiger partial charge in [0.2, 0.25) is 11.5 Å². The largest absolute Gasteiger partial charge is 0.492 e. The molecule has 6 rings (SSSR count). The zero-order valence-electron chi connectivity index (χ0n) is 26.0. The Morgan fingerprint density at radius 3 is 1.07 bits per heavy atom. The fourth-order valence-electron chi connectivity index (χ4n) is 5.73. The van der Waals surface area contributed by atoms with Crippen molar-refractivity contribution in [1.29, 1.82) is 0 Å². The molecule has 0 amide bonds. The second kappa shape index (κ2) is 12.2. The highest BCUT2D eigenvalue weighted by Crippen LogP contribution is 2.57. The van der Waals surface area contributed by atoms with Gasteiger partial charge < -0.3 is 37.3 Å². The van der Waals surface area contributed by atoms with Crippen molar-refractivity contribution < 1.29 is 37.3 Å². The molecule has 2 aromatic heterocycles. The molecule has 10 heteroatoms. The van der Waals surface area contributed by atoms with E-state index in [1.807, 2.05) is 60.7 Å². The third-order valence-electron chi connectivity index (χ3n) is 7.67. The van der Waals surface area contributed by atoms with Crippen LogP contribution in [0.3, 0.4) is 0 Å². The van der Waals surface area contributed by atoms with Crippen molar-refractivity contribution in [2.24, 2.45) is 0 Å². The first-order chi connectivity index (χ1) is 22.4. The van der Waals surface area contributed by atoms with Crippen molar-refractivity contribution in [1.82, 2.24) is 0 Å². The molecule has 0 atom stereocenters. The molecule has 0 N–H and O–H groups in total. The van der Waals surface area contributed by atoms with Crippen molar-refractivity contribution in [3.8, 4) is 68.3 Å². The van der Waals surface area contributed by atoms with Crippen LogP contribution in [0.5, 0.6) is 34.5 Å². The highest BCUT2D eigenvalue weighted by atomic mass is 16.5. The molecule has 0 aliphatic rings. The fraction of sp³-hybridized carbons (Fsp3) is 0.167. The zero-order valence-corrected chi connectivity index (χ0v) is 26.0. The Balaban J connectivity index is 1.92. The van der Waals surface area contributed by atoms with Gasteiger partial charge in [-0.15, -0.1) is 0 Å². The van der Waals surface area contributed by atoms with E-state index in [1.165, 1.54) is 54.8 Å². The van der Waals surface area contributed by atoms with Gasteiger partial charge in [-0.25, -0.2) is 0 Å². The Kier molecular flexibility index (Phi) is 8.02. The summed E-state index contributed by atoms with van der Waals surface area (Å²) >= 11 is 0. The molecule has 0 fully saturated rings. The summed E-state index contributed by atoms with van der Waals surface area (Å²) in [5, 5.41) is 0.141. The first-order valence-corrected chi connectivity index (χ1v) is 14.1. The van der Waals surface area contributed by atoms with E-state index in [-0.39, 0.29) is 79.1 Å². The summed E-state index contributed by atoms with van der Waals surface area (Å²) in [5.41, 5.74) is 1.03. The molecule has 6 aromatic rings. The van der Waals surface area contributed by atoms with Gasteiger partial charge in [-0.2, -0.15) is 0 Å². The number of methoxy groups -OCH3 is 6. The van der Waals surface area contributed by atoms with Crippen LogP contribution in [0.25, 0.3) is 55.7 Å². The minimum absolute atomic E-state index is 0.0698. The summed E-state index contributed by atoms with van der Waals surface area (Å²) < 4.78 is 48.1. The Bertz CT molecular complexity index is 2040. The molecule has 0 aliphatic heterocycles. The molecule has 10 nitrogen and oxygen atoms in total. The van der Waals surface area contributed by atoms with Crippen LogP contribution in [0.15, 0.2) is 91.2 Å². The highest BCUT2D eigenvalue weighted by molar-refractivity contribution is 6.12. The van der Waals surface area contributed by atoms with Gasteiger partial charge in [0.1, 0.15) is 22.3 Å². The monoisotopic (exact) mass is 622 g/mol. The lowest BCUT2D eigenvalue weighted by Crippen LogP contribution is -2.09. The quantitative estimate of drug-likeness (QED) is 0.168. The molecule has 0 aliphatic carbocycles. The molecular formula is C36H30O10. The molecule has 0 saturated heterocycles. The van der Waals surface area contributed by atoms with Gasteiger partial charge in [-0.3, -0.25) is 9.59 Å². The highest BCUT2D eigenvalue weighted by Gasteiger charge is 2.35. The SMILES string of the molecule is COc1c(OC)c(OC)c2c(=O)cc(-c3ccccc3)oc2c1-c1c(OC)c(OC)c(OC)c2c(=O)cc(-c3ccccc3)oc12. The van der Waals surface area contributed by atoms with Crippen LogP contribution < -0.4 is 39.3 Å². The van der Waals surface area contributed by atoms with Crippen molar-refractivity contribution >= 4 is 21.9 Å². The van der Waals surface area contributed by atoms with Crippen LogP contribution in [-0.4, -0.2) is 42.7 Å². The molecule has 0 bridgehead atoms. The number of fused-ring (bicyclic) bond motifs is 2. The second-order valence-electron chi connectivity index (χ2n) is 10.0. The standard InChI is InChI=1S/C36H30O10/c1-39-31-25-21(37)17-23(19-13-9-7-10-14-19)45-29(25)27(33(41-3)35(31)43-5)28-30-26(32(40-2)36(44-6)34(28)42-4)22(38)18-24(46-30)20-15-11-8-12-16-20/h7-18H,1-6H3. The number of benzene rings is 4. The van der Waals surface area contributed by atoms with Gasteiger partial charge in [-0.1, -0.05) is 60.7 Å². The Hall–Kier alpha value is -5.90. The van der Waals surface area contributed by atoms with E-state index in [4.69, 9.17) is 37.3 Å². The smallest absolute Gasteiger partial charge is 0.205 e. The third-order valence-corrected chi connectivity index (χ3v) is 7.67. The maximum absolute atomic E-state index is 14.0. The lowest BCUT2D eigenvalue weighted by Gasteiger charge is -2.23. The van der Waals surface area contributed by atoms with Gasteiger partial charge in [0, 0.05) is 23.3 Å². The molecular weight excluding hydrogens is 592 g/mol. The number of hydrogen-bond donors (Lipinski definition) is 0. The minimum Gasteiger partial charge on any atom is -0.492 e. The Morgan fingerprint density at radius 2 is 0.761 bits per heavy atom. The van der Waals surface area contributed by atoms with E-state index >= 15 is 0 Å². The molecule has 0 radical (unpaired) electrons. The molecule has 46 heavy (non-hydrogen) atoms. The fourth-order valence-corrected chi connectivity index (χ4v) is 5.73. The third kappa shape index (κ3) is 4.66. The molecule has 0 saturated carbocycles. The van der Waals surface area contributed by atoms with Crippen LogP contribution in [0, 0.1) is 0 Å². The molecule has 0 unspecified atom stereocenters. The molecule has 4 aromatic carbocycles. The average Bonchev–Trinajstić information content (AvgIpc) is 3.10. The van der Waals surface area contributed by atoms with E-state index in [0.29, 0.717) is 11.1 Å². The summed E-state index contributed by atoms with van der Waals surface area (Å²) in [6, 6.07) is 21.1. The van der Waals surface area contributed by atoms with Crippen LogP contribution >= 0.6 is 0 Å². The molecule has 0 spiro atoms. The second-order valence-corrected chi connectivity index (χ2v) is 10.0. The Morgan fingerprint density at radius 1 is 0.435 bits per heavy atom. The summed E-state index contributed by atoms with van der Waals surface area (Å²) in [4.78, 5) is 27.9. The van der Waals surface area contributed by atoms with Crippen molar-refractivity contribution in [3.63, 3.8) is 0 Å². The Labute approximate surface area is 263 Å². The number of ether oxygens (including phenoxy) is 6. The van der Waals surface area contributed by atoms with Gasteiger partial charge >= 0.3 is 0 Å². The lowest BCUT2D eigenvalue weighted by molar-refractivity contribution is 0.324. The normalized spacial score (nSPS) is 11.0. The predicted octanol–water partition coefficient (Wildman–Crippen LogP) is 6.95. The van der Waals surface area contributed by atoms with E-state index in [0.717, 1.165) is 0 Å². The summed E-state index contributed by atoms with van der Waals surface area (Å²) in [6.45, 7) is 0. The zero-order chi connectivity index (χ0) is 32.5. The summed E-state index contributed by atoms with van der Waals surface area (Å²) in [5.74, 6) is 1.23. The van der Waals surface area contributed by atoms with Crippen molar-refractivity contribution in [3.05, 3.63) is 93.2 Å². The van der Waals surface area contributed by atoms with Crippen LogP contribution in [0.4, 0.5) is 0 Å². The maximum Gasteiger partial charge on any atom is 0.205 e. The summed E-state index contributed by atoms with van der Waals surface area (Å²) in [7, 11) is 8.55. The number of hydrogen-bond acceptors (Lipinski definition) is 10. The van der Waals surface area contributed by atoms with E-state index in [2.05, 4.69) is 0 Å². The molecule has 2 heterocycles. The van der Waals surface area contributed by atoms with E-state index < -0.39 is 10.9 Å². The minimum atomic E-state index is -0.408. The van der Waals surface area contributed by atoms with Gasteiger partial charge in [0.05, 0.1) is 53.8 Å². The maximum atomic E-state index is 14.0. The van der Waals surface area contributed by atoms with Gasteiger partial charge in [-0.05, 0) is 0 Å². The predicted molar refractivity (Wildman–Crippen MR) is 174 cm³/mol. The van der Waals surface area contributed by atoms with Crippen LogP contribution in [0.2, 0.25) is 0 Å². The van der Waals surface area contributed by atoms with Gasteiger partial charge in [0.15, 0.2) is 45.0 Å². The topological polar surface area (TPSA) is 116 Å². The summed E-state index contributed by atoms with van der Waals surface area (Å²) in [6.07, 6.45) is 0. The van der Waals surface area contributed by atoms with Crippen molar-refractivity contribution in [2.75, 3.05) is 42.7 Å². The van der Waals surface area contributed by atoms with E-state index in [1.54, 1.807) is 0 Å². The number of rotatable bonds is 9. The van der Waals surface area contributed by atoms with Crippen LogP contribution in [-0.2, 0) is 0 Å². The van der Waals surface area contributed by atoms with E-state index in [9.17, 15) is 9.59 Å². The first-order valence-electron chi connectivity index (χ1n) is 14.1. The average molecular weight is 623 g/mol. The van der Waals surface area contributed by atoms with Gasteiger partial charge in [0.25, 0.3) is 0 Å². The van der Waals surface area contributed by atoms with Crippen LogP contribution in [0.1, 0.15) is 0 Å². The lowest BCUT2D eigenvalue weighted by atomic mass is 9.95. The first kappa shape index (κ1) is 30.1. The molecule has 234 valence electrons. The van der Waals surface area contributed by atoms with Crippen molar-refractivity contribution in [2.45, 2.75) is 0 Å².